The second kappa shape index (κ2) is 4.97. The quantitative estimate of drug-likeness (QED) is 0.431. The number of carbonyl (C=O) groups is 1. The molecule has 58 valence electrons. The number of hydrogen-bond acceptors (Lipinski definition) is 3. The van der Waals surface area contributed by atoms with E-state index in [1.165, 1.54) is 13.1 Å². The van der Waals surface area contributed by atoms with Gasteiger partial charge in [0.1, 0.15) is 0 Å². The van der Waals surface area contributed by atoms with Crippen molar-refractivity contribution >= 4 is 12.0 Å². The lowest BCUT2D eigenvalue weighted by atomic mass is 10.5. The molecule has 0 amide bonds. The van der Waals surface area contributed by atoms with Gasteiger partial charge in [0.2, 0.25) is 0 Å². The highest BCUT2D eigenvalue weighted by Gasteiger charge is 1.90. The van der Waals surface area contributed by atoms with Gasteiger partial charge >= 0.3 is 0 Å². The average molecular weight is 142 g/mol. The van der Waals surface area contributed by atoms with E-state index < -0.39 is 0 Å². The molecule has 0 bridgehead atoms. The summed E-state index contributed by atoms with van der Waals surface area (Å²) in [5.74, 6) is -0.00750. The first-order chi connectivity index (χ1) is 4.70. The van der Waals surface area contributed by atoms with Gasteiger partial charge in [-0.25, -0.2) is 0 Å². The predicted molar refractivity (Wildman–Crippen MR) is 42.1 cm³/mol. The van der Waals surface area contributed by atoms with Crippen LogP contribution < -0.4 is 0 Å². The van der Waals surface area contributed by atoms with Gasteiger partial charge in [0.15, 0.2) is 5.78 Å². The molecule has 0 aliphatic rings. The third-order valence-electron chi connectivity index (χ3n) is 1.13. The van der Waals surface area contributed by atoms with E-state index in [1.54, 1.807) is 0 Å². The molecule has 0 aliphatic carbocycles. The van der Waals surface area contributed by atoms with E-state index in [1.807, 2.05) is 18.9 Å². The highest BCUT2D eigenvalue weighted by molar-refractivity contribution is 6.26. The van der Waals surface area contributed by atoms with Crippen molar-refractivity contribution in [3.8, 4) is 0 Å². The minimum absolute atomic E-state index is 0.00750. The maximum Gasteiger partial charge on any atom is 0.172 e. The van der Waals surface area contributed by atoms with Crippen molar-refractivity contribution in [2.45, 2.75) is 20.8 Å². The zero-order chi connectivity index (χ0) is 7.98. The Labute approximate surface area is 61.7 Å². The maximum atomic E-state index is 10.4. The molecule has 0 radical (unpaired) electrons. The van der Waals surface area contributed by atoms with E-state index in [0.29, 0.717) is 0 Å². The molecule has 0 aromatic carbocycles. The largest absolute Gasteiger partial charge is 0.297 e. The van der Waals surface area contributed by atoms with Gasteiger partial charge in [-0.3, -0.25) is 9.80 Å². The molecule has 0 spiro atoms. The van der Waals surface area contributed by atoms with Gasteiger partial charge in [-0.2, -0.15) is 5.10 Å². The van der Waals surface area contributed by atoms with E-state index in [0.717, 1.165) is 13.1 Å². The Hall–Kier alpha value is -0.860. The van der Waals surface area contributed by atoms with Gasteiger partial charge in [0.05, 0.1) is 6.21 Å². The molecule has 0 rings (SSSR count). The Morgan fingerprint density at radius 3 is 2.30 bits per heavy atom. The van der Waals surface area contributed by atoms with Crippen molar-refractivity contribution in [2.75, 3.05) is 13.1 Å². The number of hydrogen-bond donors (Lipinski definition) is 0. The van der Waals surface area contributed by atoms with Gasteiger partial charge in [-0.1, -0.05) is 0 Å². The average Bonchev–Trinajstić information content (AvgIpc) is 1.90. The lowest BCUT2D eigenvalue weighted by Crippen LogP contribution is -2.16. The van der Waals surface area contributed by atoms with E-state index in [9.17, 15) is 4.79 Å². The van der Waals surface area contributed by atoms with Gasteiger partial charge in [-0.05, 0) is 13.8 Å². The van der Waals surface area contributed by atoms with Crippen LogP contribution in [0.4, 0.5) is 0 Å². The minimum Gasteiger partial charge on any atom is -0.297 e. The number of ketones is 1. The van der Waals surface area contributed by atoms with E-state index >= 15 is 0 Å². The van der Waals surface area contributed by atoms with Gasteiger partial charge < -0.3 is 0 Å². The SMILES string of the molecule is CCN(CC)/N=C/C(C)=O. The molecular formula is C7H14N2O. The van der Waals surface area contributed by atoms with Crippen LogP contribution in [0.3, 0.4) is 0 Å². The molecule has 3 heteroatoms. The van der Waals surface area contributed by atoms with Gasteiger partial charge in [-0.15, -0.1) is 0 Å². The fourth-order valence-electron chi connectivity index (χ4n) is 0.550. The summed E-state index contributed by atoms with van der Waals surface area (Å²) in [7, 11) is 0. The summed E-state index contributed by atoms with van der Waals surface area (Å²) in [6.45, 7) is 7.19. The lowest BCUT2D eigenvalue weighted by molar-refractivity contribution is -0.110. The Kier molecular flexibility index (Phi) is 4.54. The molecule has 10 heavy (non-hydrogen) atoms. The van der Waals surface area contributed by atoms with Crippen LogP contribution >= 0.6 is 0 Å². The van der Waals surface area contributed by atoms with E-state index in [2.05, 4.69) is 5.10 Å². The summed E-state index contributed by atoms with van der Waals surface area (Å²) in [4.78, 5) is 10.4. The lowest BCUT2D eigenvalue weighted by Gasteiger charge is -2.12. The minimum atomic E-state index is -0.00750. The van der Waals surface area contributed by atoms with Gasteiger partial charge in [0.25, 0.3) is 0 Å². The molecule has 0 unspecified atom stereocenters. The summed E-state index contributed by atoms with van der Waals surface area (Å²) in [6.07, 6.45) is 1.34. The third kappa shape index (κ3) is 4.06. The summed E-state index contributed by atoms with van der Waals surface area (Å²) < 4.78 is 0. The molecule has 0 atom stereocenters. The van der Waals surface area contributed by atoms with Crippen LogP contribution in [0.25, 0.3) is 0 Å². The fourth-order valence-corrected chi connectivity index (χ4v) is 0.550. The number of rotatable bonds is 4. The molecule has 0 saturated heterocycles. The number of carbonyl (C=O) groups excluding carboxylic acids is 1. The molecule has 3 nitrogen and oxygen atoms in total. The van der Waals surface area contributed by atoms with Crippen molar-refractivity contribution in [1.29, 1.82) is 0 Å². The van der Waals surface area contributed by atoms with Gasteiger partial charge in [0, 0.05) is 20.0 Å². The molecule has 0 heterocycles. The second-order valence-corrected chi connectivity index (χ2v) is 1.99. The highest BCUT2D eigenvalue weighted by Crippen LogP contribution is 1.84. The number of Topliss-reactive ketones (excluding diaryl/α,β-unsaturated/α-hetero) is 1. The Balaban J connectivity index is 3.72. The predicted octanol–water partition coefficient (Wildman–Crippen LogP) is 0.903. The van der Waals surface area contributed by atoms with Crippen LogP contribution in [0, 0.1) is 0 Å². The van der Waals surface area contributed by atoms with Crippen molar-refractivity contribution in [3.63, 3.8) is 0 Å². The van der Waals surface area contributed by atoms with Crippen LogP contribution in [-0.2, 0) is 4.79 Å². The zero-order valence-corrected chi connectivity index (χ0v) is 6.79. The van der Waals surface area contributed by atoms with Crippen molar-refractivity contribution in [2.24, 2.45) is 5.10 Å². The highest BCUT2D eigenvalue weighted by atomic mass is 16.1. The number of hydrazone groups is 1. The second-order valence-electron chi connectivity index (χ2n) is 1.99. The molecule has 0 aromatic heterocycles. The maximum absolute atomic E-state index is 10.4. The van der Waals surface area contributed by atoms with Crippen LogP contribution in [0.2, 0.25) is 0 Å². The number of nitrogens with zero attached hydrogens (tertiary/aromatic N) is 2. The van der Waals surface area contributed by atoms with E-state index in [4.69, 9.17) is 0 Å². The van der Waals surface area contributed by atoms with Crippen molar-refractivity contribution in [1.82, 2.24) is 5.01 Å². The summed E-state index contributed by atoms with van der Waals surface area (Å²) in [5, 5.41) is 5.74. The summed E-state index contributed by atoms with van der Waals surface area (Å²) in [6, 6.07) is 0. The topological polar surface area (TPSA) is 32.7 Å². The normalized spacial score (nSPS) is 10.3. The van der Waals surface area contributed by atoms with Crippen LogP contribution in [0.1, 0.15) is 20.8 Å². The van der Waals surface area contributed by atoms with Crippen LogP contribution in [0.15, 0.2) is 5.10 Å². The standard InChI is InChI=1S/C7H14N2O/c1-4-9(5-2)8-6-7(3)10/h6H,4-5H2,1-3H3/b8-6+. The Morgan fingerprint density at radius 2 is 2.00 bits per heavy atom. The van der Waals surface area contributed by atoms with Crippen LogP contribution in [0.5, 0.6) is 0 Å². The summed E-state index contributed by atoms with van der Waals surface area (Å²) >= 11 is 0. The molecule has 0 aliphatic heterocycles. The first kappa shape index (κ1) is 9.14. The molecule has 0 aromatic rings. The third-order valence-corrected chi connectivity index (χ3v) is 1.13. The monoisotopic (exact) mass is 142 g/mol. The smallest absolute Gasteiger partial charge is 0.172 e. The van der Waals surface area contributed by atoms with Crippen LogP contribution in [-0.4, -0.2) is 30.1 Å². The molecule has 0 N–H and O–H groups in total. The zero-order valence-electron chi connectivity index (χ0n) is 6.79. The first-order valence-corrected chi connectivity index (χ1v) is 3.50. The van der Waals surface area contributed by atoms with Crippen molar-refractivity contribution in [3.05, 3.63) is 0 Å². The van der Waals surface area contributed by atoms with E-state index in [-0.39, 0.29) is 5.78 Å². The first-order valence-electron chi connectivity index (χ1n) is 3.50. The Morgan fingerprint density at radius 1 is 1.50 bits per heavy atom. The van der Waals surface area contributed by atoms with Crippen molar-refractivity contribution < 1.29 is 4.79 Å². The summed E-state index contributed by atoms with van der Waals surface area (Å²) in [5.41, 5.74) is 0. The molecular weight excluding hydrogens is 128 g/mol. The molecule has 0 fully saturated rings. The molecule has 0 saturated carbocycles. The fraction of sp³-hybridized carbons (Fsp3) is 0.714. The Bertz CT molecular complexity index is 128.